The number of fused-ring (bicyclic) bond motifs is 1. The number of aliphatic hydroxyl groups excluding tert-OH is 1. The zero-order valence-corrected chi connectivity index (χ0v) is 10.3. The van der Waals surface area contributed by atoms with Gasteiger partial charge in [-0.15, -0.1) is 0 Å². The average Bonchev–Trinajstić information content (AvgIpc) is 2.69. The fraction of sp³-hybridized carbons (Fsp3) is 0.750. The van der Waals surface area contributed by atoms with Crippen LogP contribution in [0.25, 0.3) is 0 Å². The molecule has 0 radical (unpaired) electrons. The zero-order valence-electron chi connectivity index (χ0n) is 10.3. The Labute approximate surface area is 100 Å². The first-order valence-electron chi connectivity index (χ1n) is 5.79. The van der Waals surface area contributed by atoms with Crippen LogP contribution in [0.5, 0.6) is 0 Å². The second-order valence-corrected chi connectivity index (χ2v) is 4.72. The molecule has 1 N–H and O–H groups in total. The minimum atomic E-state index is -0.638. The minimum absolute atomic E-state index is 0.00546. The number of carbonyl (C=O) groups excluding carboxylic acids is 1. The Kier molecular flexibility index (Phi) is 3.40. The number of methoxy groups -OCH3 is 1. The smallest absolute Gasteiger partial charge is 0.337 e. The van der Waals surface area contributed by atoms with E-state index in [0.29, 0.717) is 12.2 Å². The molecule has 0 saturated carbocycles. The molecule has 2 rings (SSSR count). The van der Waals surface area contributed by atoms with Crippen LogP contribution in [-0.4, -0.2) is 37.2 Å². The Morgan fingerprint density at radius 1 is 1.65 bits per heavy atom. The van der Waals surface area contributed by atoms with Gasteiger partial charge in [-0.25, -0.2) is 4.79 Å². The molecule has 0 spiro atoms. The minimum Gasteiger partial charge on any atom is -0.472 e. The molecular weight excluding hydrogens is 224 g/mol. The maximum atomic E-state index is 11.7. The highest BCUT2D eigenvalue weighted by atomic mass is 16.7. The molecule has 5 unspecified atom stereocenters. The molecule has 1 saturated heterocycles. The van der Waals surface area contributed by atoms with Gasteiger partial charge in [0.25, 0.3) is 0 Å². The summed E-state index contributed by atoms with van der Waals surface area (Å²) in [5.74, 6) is -0.505. The first kappa shape index (κ1) is 12.4. The summed E-state index contributed by atoms with van der Waals surface area (Å²) in [6.45, 7) is 4.29. The highest BCUT2D eigenvalue weighted by molar-refractivity contribution is 5.89. The second-order valence-electron chi connectivity index (χ2n) is 4.72. The predicted octanol–water partition coefficient (Wildman–Crippen LogP) is 0.679. The summed E-state index contributed by atoms with van der Waals surface area (Å²) in [6, 6.07) is 0. The van der Waals surface area contributed by atoms with E-state index in [2.05, 4.69) is 0 Å². The van der Waals surface area contributed by atoms with Gasteiger partial charge in [-0.05, 0) is 12.8 Å². The van der Waals surface area contributed by atoms with Crippen molar-refractivity contribution in [3.8, 4) is 0 Å². The third-order valence-electron chi connectivity index (χ3n) is 3.54. The Morgan fingerprint density at radius 2 is 2.35 bits per heavy atom. The van der Waals surface area contributed by atoms with Crippen LogP contribution in [0.1, 0.15) is 13.8 Å². The molecule has 0 aliphatic carbocycles. The van der Waals surface area contributed by atoms with Crippen molar-refractivity contribution in [3.05, 3.63) is 11.8 Å². The Balaban J connectivity index is 2.31. The third kappa shape index (κ3) is 2.05. The lowest BCUT2D eigenvalue weighted by atomic mass is 9.76. The first-order valence-corrected chi connectivity index (χ1v) is 5.79. The molecular formula is C12H18O5. The van der Waals surface area contributed by atoms with E-state index >= 15 is 0 Å². The van der Waals surface area contributed by atoms with Crippen LogP contribution in [0.2, 0.25) is 0 Å². The Bertz CT molecular complexity index is 336. The molecule has 5 atom stereocenters. The normalized spacial score (nSPS) is 37.8. The standard InChI is InChI=1S/C12H18O5/c1-6-4-16-12-9(6)10(7(2)13)8(5-17-12)11(14)15-3/h5-7,9-10,12-13H,4H2,1-3H3. The van der Waals surface area contributed by atoms with E-state index in [1.54, 1.807) is 6.92 Å². The molecule has 0 bridgehead atoms. The summed E-state index contributed by atoms with van der Waals surface area (Å²) in [6.07, 6.45) is 0.363. The number of rotatable bonds is 2. The molecule has 0 amide bonds. The SMILES string of the molecule is COC(=O)C1=COC2OCC(C)C2C1C(C)O. The van der Waals surface area contributed by atoms with E-state index in [0.717, 1.165) is 0 Å². The van der Waals surface area contributed by atoms with Crippen LogP contribution in [0, 0.1) is 17.8 Å². The van der Waals surface area contributed by atoms with Gasteiger partial charge < -0.3 is 19.3 Å². The van der Waals surface area contributed by atoms with Gasteiger partial charge in [-0.2, -0.15) is 0 Å². The summed E-state index contributed by atoms with van der Waals surface area (Å²) in [5, 5.41) is 9.90. The van der Waals surface area contributed by atoms with Crippen LogP contribution in [0.4, 0.5) is 0 Å². The average molecular weight is 242 g/mol. The van der Waals surface area contributed by atoms with Gasteiger partial charge in [0.05, 0.1) is 31.7 Å². The lowest BCUT2D eigenvalue weighted by molar-refractivity contribution is -0.145. The van der Waals surface area contributed by atoms with Crippen molar-refractivity contribution in [1.82, 2.24) is 0 Å². The van der Waals surface area contributed by atoms with Crippen molar-refractivity contribution in [2.24, 2.45) is 17.8 Å². The molecule has 0 aromatic carbocycles. The molecule has 2 heterocycles. The molecule has 2 aliphatic rings. The summed E-state index contributed by atoms with van der Waals surface area (Å²) < 4.78 is 15.6. The van der Waals surface area contributed by atoms with Gasteiger partial charge in [-0.3, -0.25) is 0 Å². The van der Waals surface area contributed by atoms with E-state index in [9.17, 15) is 9.90 Å². The van der Waals surface area contributed by atoms with Crippen LogP contribution < -0.4 is 0 Å². The van der Waals surface area contributed by atoms with E-state index < -0.39 is 12.1 Å². The molecule has 0 aromatic rings. The van der Waals surface area contributed by atoms with Crippen LogP contribution in [-0.2, 0) is 19.0 Å². The molecule has 1 fully saturated rings. The van der Waals surface area contributed by atoms with E-state index in [-0.39, 0.29) is 24.0 Å². The highest BCUT2D eigenvalue weighted by Crippen LogP contribution is 2.42. The Morgan fingerprint density at radius 3 is 2.94 bits per heavy atom. The summed E-state index contributed by atoms with van der Waals surface area (Å²) in [4.78, 5) is 11.7. The third-order valence-corrected chi connectivity index (χ3v) is 3.54. The molecule has 17 heavy (non-hydrogen) atoms. The predicted molar refractivity (Wildman–Crippen MR) is 58.7 cm³/mol. The number of ether oxygens (including phenoxy) is 3. The molecule has 2 aliphatic heterocycles. The van der Waals surface area contributed by atoms with Crippen molar-refractivity contribution < 1.29 is 24.1 Å². The monoisotopic (exact) mass is 242 g/mol. The van der Waals surface area contributed by atoms with Crippen LogP contribution in [0.15, 0.2) is 11.8 Å². The van der Waals surface area contributed by atoms with Gasteiger partial charge in [0.15, 0.2) is 0 Å². The highest BCUT2D eigenvalue weighted by Gasteiger charge is 2.48. The van der Waals surface area contributed by atoms with Crippen molar-refractivity contribution in [1.29, 1.82) is 0 Å². The van der Waals surface area contributed by atoms with Gasteiger partial charge in [0, 0.05) is 11.8 Å². The molecule has 5 nitrogen and oxygen atoms in total. The van der Waals surface area contributed by atoms with E-state index in [4.69, 9.17) is 14.2 Å². The number of esters is 1. The van der Waals surface area contributed by atoms with E-state index in [1.807, 2.05) is 6.92 Å². The van der Waals surface area contributed by atoms with Crippen molar-refractivity contribution >= 4 is 5.97 Å². The maximum Gasteiger partial charge on any atom is 0.337 e. The largest absolute Gasteiger partial charge is 0.472 e. The quantitative estimate of drug-likeness (QED) is 0.721. The fourth-order valence-corrected chi connectivity index (χ4v) is 2.70. The van der Waals surface area contributed by atoms with Gasteiger partial charge >= 0.3 is 5.97 Å². The summed E-state index contributed by atoms with van der Waals surface area (Å²) in [5.41, 5.74) is 0.390. The lowest BCUT2D eigenvalue weighted by Gasteiger charge is -2.35. The first-order chi connectivity index (χ1) is 8.06. The summed E-state index contributed by atoms with van der Waals surface area (Å²) in [7, 11) is 1.32. The maximum absolute atomic E-state index is 11.7. The number of hydrogen-bond acceptors (Lipinski definition) is 5. The van der Waals surface area contributed by atoms with Gasteiger partial charge in [0.1, 0.15) is 0 Å². The number of carbonyl (C=O) groups is 1. The van der Waals surface area contributed by atoms with Crippen LogP contribution >= 0.6 is 0 Å². The lowest BCUT2D eigenvalue weighted by Crippen LogP contribution is -2.41. The fourth-order valence-electron chi connectivity index (χ4n) is 2.70. The Hall–Kier alpha value is -1.07. The zero-order chi connectivity index (χ0) is 12.6. The number of aliphatic hydroxyl groups is 1. The molecule has 96 valence electrons. The van der Waals surface area contributed by atoms with Crippen molar-refractivity contribution in [3.63, 3.8) is 0 Å². The van der Waals surface area contributed by atoms with Crippen molar-refractivity contribution in [2.75, 3.05) is 13.7 Å². The molecule has 5 heteroatoms. The second kappa shape index (κ2) is 4.66. The number of hydrogen-bond donors (Lipinski definition) is 1. The van der Waals surface area contributed by atoms with Crippen molar-refractivity contribution in [2.45, 2.75) is 26.2 Å². The van der Waals surface area contributed by atoms with Gasteiger partial charge in [-0.1, -0.05) is 6.92 Å². The topological polar surface area (TPSA) is 65.0 Å². The van der Waals surface area contributed by atoms with Crippen LogP contribution in [0.3, 0.4) is 0 Å². The summed E-state index contributed by atoms with van der Waals surface area (Å²) >= 11 is 0. The molecule has 0 aromatic heterocycles. The van der Waals surface area contributed by atoms with Gasteiger partial charge in [0.2, 0.25) is 6.29 Å². The van der Waals surface area contributed by atoms with E-state index in [1.165, 1.54) is 13.4 Å².